The smallest absolute Gasteiger partial charge is 0.226 e. The summed E-state index contributed by atoms with van der Waals surface area (Å²) in [5.74, 6) is 1.27. The first-order chi connectivity index (χ1) is 12.9. The third-order valence-electron chi connectivity index (χ3n) is 4.65. The molecular formula is C22H26N2O3. The molecule has 1 amide bonds. The molecule has 0 fully saturated rings. The van der Waals surface area contributed by atoms with Crippen molar-refractivity contribution in [1.82, 2.24) is 5.32 Å². The van der Waals surface area contributed by atoms with E-state index >= 15 is 0 Å². The molecule has 0 spiro atoms. The predicted octanol–water partition coefficient (Wildman–Crippen LogP) is 3.53. The summed E-state index contributed by atoms with van der Waals surface area (Å²) in [5, 5.41) is 2.98. The van der Waals surface area contributed by atoms with Gasteiger partial charge >= 0.3 is 0 Å². The van der Waals surface area contributed by atoms with Gasteiger partial charge in [-0.25, -0.2) is 0 Å². The van der Waals surface area contributed by atoms with Crippen LogP contribution in [-0.4, -0.2) is 31.4 Å². The van der Waals surface area contributed by atoms with Gasteiger partial charge in [-0.1, -0.05) is 30.3 Å². The van der Waals surface area contributed by atoms with Gasteiger partial charge in [0.25, 0.3) is 0 Å². The number of nitrogens with one attached hydrogen (secondary N) is 1. The minimum atomic E-state index is -0.187. The van der Waals surface area contributed by atoms with Crippen molar-refractivity contribution in [3.8, 4) is 11.5 Å². The summed E-state index contributed by atoms with van der Waals surface area (Å²) in [6.45, 7) is 4.63. The van der Waals surface area contributed by atoms with Crippen LogP contribution in [0.15, 0.2) is 47.5 Å². The van der Waals surface area contributed by atoms with Crippen molar-refractivity contribution in [3.05, 3.63) is 59.2 Å². The molecule has 1 N–H and O–H groups in total. The second kappa shape index (κ2) is 7.82. The Balaban J connectivity index is 1.68. The van der Waals surface area contributed by atoms with Crippen molar-refractivity contribution in [2.75, 3.05) is 14.2 Å². The number of nitrogens with zero attached hydrogens (tertiary/aromatic N) is 1. The standard InChI is InChI=1S/C22H26N2O3/c1-22(2)13-16-7-5-6-8-17(16)18(24-22)12-21(25)23-14-15-9-10-19(26-3)20(11-15)27-4/h5-11H,12-14H2,1-4H3,(H,23,25). The molecule has 1 aliphatic rings. The highest BCUT2D eigenvalue weighted by Gasteiger charge is 2.27. The number of benzene rings is 2. The Labute approximate surface area is 160 Å². The summed E-state index contributed by atoms with van der Waals surface area (Å²) in [7, 11) is 3.20. The maximum Gasteiger partial charge on any atom is 0.226 e. The topological polar surface area (TPSA) is 59.9 Å². The highest BCUT2D eigenvalue weighted by atomic mass is 16.5. The fourth-order valence-corrected chi connectivity index (χ4v) is 3.43. The average Bonchev–Trinajstić information content (AvgIpc) is 2.65. The lowest BCUT2D eigenvalue weighted by Crippen LogP contribution is -2.32. The zero-order chi connectivity index (χ0) is 19.4. The van der Waals surface area contributed by atoms with Gasteiger partial charge in [-0.2, -0.15) is 0 Å². The molecule has 27 heavy (non-hydrogen) atoms. The maximum absolute atomic E-state index is 12.5. The Kier molecular flexibility index (Phi) is 5.49. The zero-order valence-corrected chi connectivity index (χ0v) is 16.3. The van der Waals surface area contributed by atoms with Crippen LogP contribution in [0.3, 0.4) is 0 Å². The molecule has 0 atom stereocenters. The van der Waals surface area contributed by atoms with Crippen LogP contribution in [0.4, 0.5) is 0 Å². The van der Waals surface area contributed by atoms with Crippen LogP contribution in [0, 0.1) is 0 Å². The first kappa shape index (κ1) is 19.0. The van der Waals surface area contributed by atoms with Crippen LogP contribution >= 0.6 is 0 Å². The number of rotatable bonds is 6. The lowest BCUT2D eigenvalue weighted by molar-refractivity contribution is -0.120. The van der Waals surface area contributed by atoms with Crippen LogP contribution in [-0.2, 0) is 17.8 Å². The number of aliphatic imine (C=N–C) groups is 1. The molecule has 2 aromatic rings. The SMILES string of the molecule is COc1ccc(CNC(=O)CC2=NC(C)(C)Cc3ccccc32)cc1OC. The molecule has 0 unspecified atom stereocenters. The van der Waals surface area contributed by atoms with E-state index in [-0.39, 0.29) is 17.9 Å². The fourth-order valence-electron chi connectivity index (χ4n) is 3.43. The van der Waals surface area contributed by atoms with Crippen molar-refractivity contribution >= 4 is 11.6 Å². The molecular weight excluding hydrogens is 340 g/mol. The monoisotopic (exact) mass is 366 g/mol. The van der Waals surface area contributed by atoms with E-state index in [1.165, 1.54) is 5.56 Å². The third-order valence-corrected chi connectivity index (χ3v) is 4.65. The van der Waals surface area contributed by atoms with Gasteiger partial charge < -0.3 is 14.8 Å². The van der Waals surface area contributed by atoms with Gasteiger partial charge in [0.1, 0.15) is 0 Å². The molecule has 2 aromatic carbocycles. The first-order valence-corrected chi connectivity index (χ1v) is 9.06. The van der Waals surface area contributed by atoms with E-state index in [4.69, 9.17) is 14.5 Å². The van der Waals surface area contributed by atoms with Crippen molar-refractivity contribution in [2.45, 2.75) is 38.8 Å². The van der Waals surface area contributed by atoms with Gasteiger partial charge in [0.15, 0.2) is 11.5 Å². The Bertz CT molecular complexity index is 872. The van der Waals surface area contributed by atoms with Crippen molar-refractivity contribution in [2.24, 2.45) is 4.99 Å². The average molecular weight is 366 g/mol. The van der Waals surface area contributed by atoms with E-state index < -0.39 is 0 Å². The molecule has 0 aliphatic carbocycles. The van der Waals surface area contributed by atoms with Crippen LogP contribution in [0.2, 0.25) is 0 Å². The van der Waals surface area contributed by atoms with Gasteiger partial charge in [0, 0.05) is 6.54 Å². The number of carbonyl (C=O) groups excluding carboxylic acids is 1. The molecule has 0 aromatic heterocycles. The van der Waals surface area contributed by atoms with Crippen LogP contribution in [0.25, 0.3) is 0 Å². The number of methoxy groups -OCH3 is 2. The van der Waals surface area contributed by atoms with Crippen LogP contribution < -0.4 is 14.8 Å². The van der Waals surface area contributed by atoms with Gasteiger partial charge in [-0.15, -0.1) is 0 Å². The van der Waals surface area contributed by atoms with E-state index in [1.54, 1.807) is 14.2 Å². The highest BCUT2D eigenvalue weighted by Crippen LogP contribution is 2.28. The fraction of sp³-hybridized carbons (Fsp3) is 0.364. The molecule has 0 radical (unpaired) electrons. The lowest BCUT2D eigenvalue weighted by atomic mass is 9.86. The maximum atomic E-state index is 12.5. The van der Waals surface area contributed by atoms with Gasteiger partial charge in [0.2, 0.25) is 5.91 Å². The molecule has 0 saturated carbocycles. The van der Waals surface area contributed by atoms with E-state index in [1.807, 2.05) is 36.4 Å². The summed E-state index contributed by atoms with van der Waals surface area (Å²) >= 11 is 0. The second-order valence-corrected chi connectivity index (χ2v) is 7.35. The Morgan fingerprint density at radius 2 is 1.85 bits per heavy atom. The number of hydrogen-bond acceptors (Lipinski definition) is 4. The van der Waals surface area contributed by atoms with Gasteiger partial charge in [0.05, 0.1) is 31.9 Å². The number of amides is 1. The normalized spacial score (nSPS) is 14.7. The first-order valence-electron chi connectivity index (χ1n) is 9.06. The lowest BCUT2D eigenvalue weighted by Gasteiger charge is -2.29. The van der Waals surface area contributed by atoms with Gasteiger partial charge in [-0.05, 0) is 49.1 Å². The molecule has 5 nitrogen and oxygen atoms in total. The molecule has 3 rings (SSSR count). The van der Waals surface area contributed by atoms with E-state index in [0.29, 0.717) is 18.0 Å². The number of ether oxygens (including phenoxy) is 2. The summed E-state index contributed by atoms with van der Waals surface area (Å²) in [6, 6.07) is 13.8. The van der Waals surface area contributed by atoms with E-state index in [0.717, 1.165) is 23.3 Å². The number of carbonyl (C=O) groups is 1. The van der Waals surface area contributed by atoms with Crippen LogP contribution in [0.1, 0.15) is 37.0 Å². The quantitative estimate of drug-likeness (QED) is 0.851. The minimum absolute atomic E-state index is 0.0453. The largest absolute Gasteiger partial charge is 0.493 e. The summed E-state index contributed by atoms with van der Waals surface area (Å²) in [5.41, 5.74) is 3.95. The molecule has 0 bridgehead atoms. The van der Waals surface area contributed by atoms with Gasteiger partial charge in [-0.3, -0.25) is 9.79 Å². The van der Waals surface area contributed by atoms with Crippen LogP contribution in [0.5, 0.6) is 11.5 Å². The third kappa shape index (κ3) is 4.48. The van der Waals surface area contributed by atoms with Crippen molar-refractivity contribution in [3.63, 3.8) is 0 Å². The summed E-state index contributed by atoms with van der Waals surface area (Å²) < 4.78 is 10.6. The Morgan fingerprint density at radius 1 is 1.11 bits per heavy atom. The zero-order valence-electron chi connectivity index (χ0n) is 16.3. The summed E-state index contributed by atoms with van der Waals surface area (Å²) in [4.78, 5) is 17.4. The van der Waals surface area contributed by atoms with E-state index in [9.17, 15) is 4.79 Å². The highest BCUT2D eigenvalue weighted by molar-refractivity contribution is 6.12. The molecule has 142 valence electrons. The molecule has 1 heterocycles. The number of fused-ring (bicyclic) bond motifs is 1. The predicted molar refractivity (Wildman–Crippen MR) is 107 cm³/mol. The summed E-state index contributed by atoms with van der Waals surface area (Å²) in [6.07, 6.45) is 1.16. The molecule has 0 saturated heterocycles. The Morgan fingerprint density at radius 3 is 2.59 bits per heavy atom. The molecule has 5 heteroatoms. The minimum Gasteiger partial charge on any atom is -0.493 e. The number of hydrogen-bond donors (Lipinski definition) is 1. The van der Waals surface area contributed by atoms with E-state index in [2.05, 4.69) is 25.2 Å². The molecule has 1 aliphatic heterocycles. The van der Waals surface area contributed by atoms with Crippen molar-refractivity contribution in [1.29, 1.82) is 0 Å². The van der Waals surface area contributed by atoms with Crippen molar-refractivity contribution < 1.29 is 14.3 Å². The Hall–Kier alpha value is -2.82. The second-order valence-electron chi connectivity index (χ2n) is 7.35.